The predicted molar refractivity (Wildman–Crippen MR) is 65.8 cm³/mol. The molecule has 2 aromatic rings. The third-order valence-corrected chi connectivity index (χ3v) is 5.67. The highest BCUT2D eigenvalue weighted by atomic mass is 79.9. The minimum absolute atomic E-state index is 0.484. The fourth-order valence-electron chi connectivity index (χ4n) is 1.00. The van der Waals surface area contributed by atoms with Gasteiger partial charge in [0.1, 0.15) is 11.4 Å². The molecule has 15 heavy (non-hydrogen) atoms. The van der Waals surface area contributed by atoms with Crippen molar-refractivity contribution in [2.45, 2.75) is 5.03 Å². The maximum atomic E-state index is 11.1. The standard InChI is InChI=1S/C7H5BrN2O2S3/c1-15(11,12)14-7-6-5(9-3-10-7)4(8)2-13-6/h2-3H,1H3. The summed E-state index contributed by atoms with van der Waals surface area (Å²) in [5.74, 6) is 0. The van der Waals surface area contributed by atoms with Crippen molar-refractivity contribution >= 4 is 57.1 Å². The Morgan fingerprint density at radius 2 is 2.20 bits per heavy atom. The molecule has 80 valence electrons. The molecule has 2 heterocycles. The molecule has 0 N–H and O–H groups in total. The smallest absolute Gasteiger partial charge is 0.204 e. The molecule has 2 aromatic heterocycles. The second-order valence-corrected chi connectivity index (χ2v) is 8.74. The topological polar surface area (TPSA) is 59.9 Å². The van der Waals surface area contributed by atoms with Crippen molar-refractivity contribution < 1.29 is 8.42 Å². The number of nitrogens with zero attached hydrogens (tertiary/aromatic N) is 2. The minimum Gasteiger partial charge on any atom is -0.234 e. The van der Waals surface area contributed by atoms with Gasteiger partial charge in [0.15, 0.2) is 0 Å². The van der Waals surface area contributed by atoms with Gasteiger partial charge in [0.25, 0.3) is 0 Å². The average molecular weight is 325 g/mol. The van der Waals surface area contributed by atoms with E-state index in [0.29, 0.717) is 5.03 Å². The van der Waals surface area contributed by atoms with Crippen LogP contribution in [0.15, 0.2) is 21.2 Å². The Bertz CT molecular complexity index is 608. The molecule has 8 heteroatoms. The molecule has 0 atom stereocenters. The molecular weight excluding hydrogens is 320 g/mol. The van der Waals surface area contributed by atoms with Crippen LogP contribution < -0.4 is 0 Å². The molecule has 0 spiro atoms. The van der Waals surface area contributed by atoms with Crippen molar-refractivity contribution in [1.82, 2.24) is 9.97 Å². The number of hydrogen-bond acceptors (Lipinski definition) is 6. The van der Waals surface area contributed by atoms with Crippen molar-refractivity contribution in [3.8, 4) is 0 Å². The second kappa shape index (κ2) is 4.00. The summed E-state index contributed by atoms with van der Waals surface area (Å²) in [7, 11) is -2.39. The van der Waals surface area contributed by atoms with Crippen molar-refractivity contribution in [3.05, 3.63) is 16.2 Å². The van der Waals surface area contributed by atoms with E-state index >= 15 is 0 Å². The van der Waals surface area contributed by atoms with Gasteiger partial charge in [0.05, 0.1) is 14.7 Å². The summed E-state index contributed by atoms with van der Waals surface area (Å²) in [6, 6.07) is 0. The number of thiophene rings is 1. The zero-order valence-corrected chi connectivity index (χ0v) is 11.5. The molecule has 4 nitrogen and oxygen atoms in total. The van der Waals surface area contributed by atoms with E-state index in [9.17, 15) is 8.42 Å². The summed E-state index contributed by atoms with van der Waals surface area (Å²) in [6.45, 7) is 0. The van der Waals surface area contributed by atoms with Gasteiger partial charge in [-0.1, -0.05) is 0 Å². The van der Waals surface area contributed by atoms with Gasteiger partial charge >= 0.3 is 0 Å². The summed E-state index contributed by atoms with van der Waals surface area (Å²) in [6.07, 6.45) is 2.53. The van der Waals surface area contributed by atoms with Crippen LogP contribution in [0.25, 0.3) is 10.2 Å². The van der Waals surface area contributed by atoms with Crippen molar-refractivity contribution in [1.29, 1.82) is 0 Å². The molecule has 0 saturated carbocycles. The second-order valence-electron chi connectivity index (χ2n) is 2.73. The molecule has 0 fully saturated rings. The lowest BCUT2D eigenvalue weighted by molar-refractivity contribution is 0.615. The van der Waals surface area contributed by atoms with Crippen molar-refractivity contribution in [3.63, 3.8) is 0 Å². The first-order valence-corrected chi connectivity index (χ1v) is 8.64. The van der Waals surface area contributed by atoms with E-state index in [4.69, 9.17) is 0 Å². The van der Waals surface area contributed by atoms with E-state index in [1.54, 1.807) is 0 Å². The van der Waals surface area contributed by atoms with Gasteiger partial charge in [-0.05, 0) is 15.9 Å². The summed E-state index contributed by atoms with van der Waals surface area (Å²) >= 11 is 4.77. The van der Waals surface area contributed by atoms with E-state index in [1.165, 1.54) is 17.7 Å². The van der Waals surface area contributed by atoms with Crippen LogP contribution in [0.3, 0.4) is 0 Å². The monoisotopic (exact) mass is 324 g/mol. The normalized spacial score (nSPS) is 12.1. The third-order valence-electron chi connectivity index (χ3n) is 1.51. The molecule has 2 rings (SSSR count). The SMILES string of the molecule is CS(=O)(=O)Sc1ncnc2c(Br)csc12. The molecule has 0 amide bonds. The van der Waals surface area contributed by atoms with E-state index < -0.39 is 8.87 Å². The van der Waals surface area contributed by atoms with Gasteiger partial charge < -0.3 is 0 Å². The highest BCUT2D eigenvalue weighted by Gasteiger charge is 2.14. The minimum atomic E-state index is -3.14. The first-order valence-electron chi connectivity index (χ1n) is 3.74. The summed E-state index contributed by atoms with van der Waals surface area (Å²) in [4.78, 5) is 8.04. The number of fused-ring (bicyclic) bond motifs is 1. The van der Waals surface area contributed by atoms with Gasteiger partial charge in [-0.25, -0.2) is 18.4 Å². The Morgan fingerprint density at radius 1 is 1.47 bits per heavy atom. The zero-order chi connectivity index (χ0) is 11.1. The van der Waals surface area contributed by atoms with E-state index in [-0.39, 0.29) is 0 Å². The first kappa shape index (κ1) is 11.3. The van der Waals surface area contributed by atoms with Crippen LogP contribution >= 0.6 is 38.1 Å². The van der Waals surface area contributed by atoms with Gasteiger partial charge in [-0.3, -0.25) is 0 Å². The third kappa shape index (κ3) is 2.49. The number of hydrogen-bond donors (Lipinski definition) is 0. The highest BCUT2D eigenvalue weighted by Crippen LogP contribution is 2.35. The maximum Gasteiger partial charge on any atom is 0.204 e. The fourth-order valence-corrected chi connectivity index (χ4v) is 4.69. The average Bonchev–Trinajstić information content (AvgIpc) is 2.47. The quantitative estimate of drug-likeness (QED) is 0.627. The van der Waals surface area contributed by atoms with Crippen LogP contribution in [0.4, 0.5) is 0 Å². The fraction of sp³-hybridized carbons (Fsp3) is 0.143. The van der Waals surface area contributed by atoms with Gasteiger partial charge in [-0.2, -0.15) is 0 Å². The predicted octanol–water partition coefficient (Wildman–Crippen LogP) is 2.51. The molecule has 0 aliphatic heterocycles. The van der Waals surface area contributed by atoms with E-state index in [1.807, 2.05) is 5.38 Å². The molecular formula is C7H5BrN2O2S3. The van der Waals surface area contributed by atoms with Crippen molar-refractivity contribution in [2.24, 2.45) is 0 Å². The van der Waals surface area contributed by atoms with Crippen LogP contribution in [0.1, 0.15) is 0 Å². The van der Waals surface area contributed by atoms with Gasteiger partial charge in [-0.15, -0.1) is 11.3 Å². The summed E-state index contributed by atoms with van der Waals surface area (Å²) in [5, 5.41) is 2.35. The lowest BCUT2D eigenvalue weighted by Gasteiger charge is -1.98. The van der Waals surface area contributed by atoms with Crippen LogP contribution in [-0.4, -0.2) is 24.6 Å². The lowest BCUT2D eigenvalue weighted by atomic mass is 10.5. The van der Waals surface area contributed by atoms with Crippen LogP contribution in [-0.2, 0) is 8.87 Å². The van der Waals surface area contributed by atoms with Crippen LogP contribution in [0.5, 0.6) is 0 Å². The van der Waals surface area contributed by atoms with Crippen LogP contribution in [0, 0.1) is 0 Å². The Morgan fingerprint density at radius 3 is 2.87 bits per heavy atom. The van der Waals surface area contributed by atoms with E-state index in [2.05, 4.69) is 25.9 Å². The van der Waals surface area contributed by atoms with E-state index in [0.717, 1.165) is 31.7 Å². The highest BCUT2D eigenvalue weighted by molar-refractivity contribution is 9.10. The number of aromatic nitrogens is 2. The first-order chi connectivity index (χ1) is 6.97. The molecule has 0 unspecified atom stereocenters. The molecule has 0 radical (unpaired) electrons. The molecule has 0 aromatic carbocycles. The molecule has 0 aliphatic carbocycles. The molecule has 0 aliphatic rings. The zero-order valence-electron chi connectivity index (χ0n) is 7.47. The Balaban J connectivity index is 2.62. The van der Waals surface area contributed by atoms with Crippen LogP contribution in [0.2, 0.25) is 0 Å². The summed E-state index contributed by atoms with van der Waals surface area (Å²) < 4.78 is 23.9. The molecule has 0 bridgehead atoms. The number of rotatable bonds is 2. The van der Waals surface area contributed by atoms with Gasteiger partial charge in [0.2, 0.25) is 8.87 Å². The maximum absolute atomic E-state index is 11.1. The molecule has 0 saturated heterocycles. The largest absolute Gasteiger partial charge is 0.234 e. The number of halogens is 1. The Labute approximate surface area is 103 Å². The lowest BCUT2D eigenvalue weighted by Crippen LogP contribution is -1.90. The van der Waals surface area contributed by atoms with Crippen molar-refractivity contribution in [2.75, 3.05) is 6.26 Å². The Kier molecular flexibility index (Phi) is 3.02. The Hall–Kier alpha value is -0.180. The van der Waals surface area contributed by atoms with Gasteiger partial charge in [0, 0.05) is 22.4 Å². The summed E-state index contributed by atoms with van der Waals surface area (Å²) in [5.41, 5.74) is 0.751.